The fourth-order valence-corrected chi connectivity index (χ4v) is 4.06. The minimum absolute atomic E-state index is 0.0508. The number of benzene rings is 1. The molecule has 0 atom stereocenters. The second-order valence-corrected chi connectivity index (χ2v) is 8.15. The molecule has 0 bridgehead atoms. The van der Waals surface area contributed by atoms with Crippen LogP contribution in [0.25, 0.3) is 0 Å². The number of carbonyl (C=O) groups excluding carboxylic acids is 1. The zero-order chi connectivity index (χ0) is 18.4. The van der Waals surface area contributed by atoms with Gasteiger partial charge in [-0.3, -0.25) is 9.69 Å². The first kappa shape index (κ1) is 19.4. The van der Waals surface area contributed by atoms with E-state index in [9.17, 15) is 13.2 Å². The number of hydrogen-bond acceptors (Lipinski definition) is 5. The molecule has 1 aromatic rings. The van der Waals surface area contributed by atoms with Crippen molar-refractivity contribution in [3.63, 3.8) is 0 Å². The predicted molar refractivity (Wildman–Crippen MR) is 94.2 cm³/mol. The van der Waals surface area contributed by atoms with E-state index in [1.54, 1.807) is 36.2 Å². The molecule has 0 aliphatic carbocycles. The van der Waals surface area contributed by atoms with Crippen molar-refractivity contribution in [3.8, 4) is 6.07 Å². The summed E-state index contributed by atoms with van der Waals surface area (Å²) in [5.41, 5.74) is 1.02. The van der Waals surface area contributed by atoms with Crippen LogP contribution in [0.3, 0.4) is 0 Å². The normalized spacial score (nSPS) is 16.4. The molecule has 0 spiro atoms. The number of hydrogen-bond donors (Lipinski definition) is 0. The van der Waals surface area contributed by atoms with Gasteiger partial charge >= 0.3 is 0 Å². The third kappa shape index (κ3) is 5.01. The van der Waals surface area contributed by atoms with Gasteiger partial charge in [0.15, 0.2) is 0 Å². The van der Waals surface area contributed by atoms with E-state index in [2.05, 4.69) is 0 Å². The van der Waals surface area contributed by atoms with Gasteiger partial charge in [0.05, 0.1) is 23.9 Å². The summed E-state index contributed by atoms with van der Waals surface area (Å²) in [5, 5.41) is 8.57. The van der Waals surface area contributed by atoms with Crippen LogP contribution in [-0.2, 0) is 14.8 Å². The van der Waals surface area contributed by atoms with Gasteiger partial charge in [-0.25, -0.2) is 8.42 Å². The molecule has 0 radical (unpaired) electrons. The van der Waals surface area contributed by atoms with Gasteiger partial charge in [0.1, 0.15) is 0 Å². The van der Waals surface area contributed by atoms with Crippen LogP contribution in [0.2, 0.25) is 0 Å². The molecule has 136 valence electrons. The van der Waals surface area contributed by atoms with Crippen LogP contribution in [-0.4, -0.2) is 74.7 Å². The average Bonchev–Trinajstić information content (AvgIpc) is 2.60. The van der Waals surface area contributed by atoms with E-state index in [1.165, 1.54) is 4.31 Å². The first-order chi connectivity index (χ1) is 11.8. The lowest BCUT2D eigenvalue weighted by molar-refractivity contribution is -0.131. The van der Waals surface area contributed by atoms with Gasteiger partial charge in [-0.2, -0.15) is 9.57 Å². The molecule has 8 heteroatoms. The van der Waals surface area contributed by atoms with Crippen LogP contribution >= 0.6 is 0 Å². The van der Waals surface area contributed by atoms with Gasteiger partial charge in [0.2, 0.25) is 15.9 Å². The standard InChI is InChI=1S/C17H24N4O3S/c1-15-4-6-16(7-5-15)25(23,24)21-12-10-20(11-13-21)14-17(22)19(2)9-3-8-18/h4-7H,3,9-14H2,1-2H3. The Morgan fingerprint density at radius 2 is 1.80 bits per heavy atom. The molecule has 7 nitrogen and oxygen atoms in total. The van der Waals surface area contributed by atoms with Gasteiger partial charge in [-0.15, -0.1) is 0 Å². The Bertz CT molecular complexity index is 732. The van der Waals surface area contributed by atoms with Gasteiger partial charge in [-0.05, 0) is 19.1 Å². The quantitative estimate of drug-likeness (QED) is 0.741. The van der Waals surface area contributed by atoms with Gasteiger partial charge in [0, 0.05) is 39.8 Å². The van der Waals surface area contributed by atoms with Crippen molar-refractivity contribution in [2.75, 3.05) is 46.3 Å². The Hall–Kier alpha value is -1.95. The van der Waals surface area contributed by atoms with Crippen molar-refractivity contribution in [3.05, 3.63) is 29.8 Å². The summed E-state index contributed by atoms with van der Waals surface area (Å²) < 4.78 is 26.8. The molecule has 1 aliphatic rings. The highest BCUT2D eigenvalue weighted by Crippen LogP contribution is 2.18. The number of piperazine rings is 1. The van der Waals surface area contributed by atoms with Crippen molar-refractivity contribution in [1.82, 2.24) is 14.1 Å². The maximum Gasteiger partial charge on any atom is 0.243 e. The highest BCUT2D eigenvalue weighted by atomic mass is 32.2. The van der Waals surface area contributed by atoms with Gasteiger partial charge in [0.25, 0.3) is 0 Å². The number of sulfonamides is 1. The summed E-state index contributed by atoms with van der Waals surface area (Å²) in [6.07, 6.45) is 0.310. The third-order valence-corrected chi connectivity index (χ3v) is 6.25. The smallest absolute Gasteiger partial charge is 0.243 e. The molecule has 1 saturated heterocycles. The SMILES string of the molecule is Cc1ccc(S(=O)(=O)N2CCN(CC(=O)N(C)CCC#N)CC2)cc1. The van der Waals surface area contributed by atoms with Crippen LogP contribution in [0.4, 0.5) is 0 Å². The Balaban J connectivity index is 1.90. The van der Waals surface area contributed by atoms with Crippen molar-refractivity contribution in [1.29, 1.82) is 5.26 Å². The maximum atomic E-state index is 12.7. The second-order valence-electron chi connectivity index (χ2n) is 6.22. The zero-order valence-corrected chi connectivity index (χ0v) is 15.5. The number of likely N-dealkylation sites (N-methyl/N-ethyl adjacent to an activating group) is 1. The summed E-state index contributed by atoms with van der Waals surface area (Å²) in [4.78, 5) is 15.9. The van der Waals surface area contributed by atoms with Crippen LogP contribution in [0.1, 0.15) is 12.0 Å². The number of carbonyl (C=O) groups is 1. The van der Waals surface area contributed by atoms with Crippen LogP contribution in [0, 0.1) is 18.3 Å². The average molecular weight is 364 g/mol. The van der Waals surface area contributed by atoms with E-state index in [4.69, 9.17) is 5.26 Å². The van der Waals surface area contributed by atoms with Crippen molar-refractivity contribution in [2.45, 2.75) is 18.2 Å². The number of aryl methyl sites for hydroxylation is 1. The van der Waals surface area contributed by atoms with Gasteiger partial charge in [-0.1, -0.05) is 17.7 Å². The molecule has 1 fully saturated rings. The minimum Gasteiger partial charge on any atom is -0.344 e. The molecular formula is C17H24N4O3S. The fourth-order valence-electron chi connectivity index (χ4n) is 2.64. The van der Waals surface area contributed by atoms with E-state index in [0.29, 0.717) is 44.0 Å². The highest BCUT2D eigenvalue weighted by molar-refractivity contribution is 7.89. The molecule has 1 aliphatic heterocycles. The van der Waals surface area contributed by atoms with E-state index in [1.807, 2.05) is 17.9 Å². The largest absolute Gasteiger partial charge is 0.344 e. The van der Waals surface area contributed by atoms with Crippen molar-refractivity contribution < 1.29 is 13.2 Å². The maximum absolute atomic E-state index is 12.7. The van der Waals surface area contributed by atoms with E-state index >= 15 is 0 Å². The first-order valence-corrected chi connectivity index (χ1v) is 9.68. The van der Waals surface area contributed by atoms with Crippen LogP contribution < -0.4 is 0 Å². The lowest BCUT2D eigenvalue weighted by Gasteiger charge is -2.34. The van der Waals surface area contributed by atoms with E-state index in [0.717, 1.165) is 5.56 Å². The number of nitriles is 1. The Labute approximate surface area is 149 Å². The van der Waals surface area contributed by atoms with Crippen LogP contribution in [0.5, 0.6) is 0 Å². The summed E-state index contributed by atoms with van der Waals surface area (Å²) >= 11 is 0. The zero-order valence-electron chi connectivity index (χ0n) is 14.7. The second kappa shape index (κ2) is 8.43. The summed E-state index contributed by atoms with van der Waals surface area (Å²) in [5.74, 6) is -0.0508. The molecule has 25 heavy (non-hydrogen) atoms. The Morgan fingerprint density at radius 3 is 2.36 bits per heavy atom. The monoisotopic (exact) mass is 364 g/mol. The number of amides is 1. The van der Waals surface area contributed by atoms with Crippen molar-refractivity contribution >= 4 is 15.9 Å². The predicted octanol–water partition coefficient (Wildman–Crippen LogP) is 0.673. The van der Waals surface area contributed by atoms with E-state index in [-0.39, 0.29) is 12.5 Å². The minimum atomic E-state index is -3.48. The van der Waals surface area contributed by atoms with Crippen LogP contribution in [0.15, 0.2) is 29.2 Å². The first-order valence-electron chi connectivity index (χ1n) is 8.24. The van der Waals surface area contributed by atoms with E-state index < -0.39 is 10.0 Å². The molecule has 2 rings (SSSR count). The highest BCUT2D eigenvalue weighted by Gasteiger charge is 2.29. The third-order valence-electron chi connectivity index (χ3n) is 4.33. The molecule has 1 aromatic carbocycles. The summed E-state index contributed by atoms with van der Waals surface area (Å²) in [6, 6.07) is 8.86. The Kier molecular flexibility index (Phi) is 6.53. The number of rotatable bonds is 6. The Morgan fingerprint density at radius 1 is 1.20 bits per heavy atom. The lowest BCUT2D eigenvalue weighted by Crippen LogP contribution is -2.51. The molecule has 0 saturated carbocycles. The molecule has 1 amide bonds. The number of nitrogens with zero attached hydrogens (tertiary/aromatic N) is 4. The summed E-state index contributed by atoms with van der Waals surface area (Å²) in [6.45, 7) is 4.35. The lowest BCUT2D eigenvalue weighted by atomic mass is 10.2. The topological polar surface area (TPSA) is 84.7 Å². The molecule has 1 heterocycles. The molecular weight excluding hydrogens is 340 g/mol. The summed E-state index contributed by atoms with van der Waals surface area (Å²) in [7, 11) is -1.81. The van der Waals surface area contributed by atoms with Gasteiger partial charge < -0.3 is 4.90 Å². The fraction of sp³-hybridized carbons (Fsp3) is 0.529. The molecule has 0 N–H and O–H groups in total. The molecule has 0 aromatic heterocycles. The molecule has 0 unspecified atom stereocenters. The van der Waals surface area contributed by atoms with Crippen molar-refractivity contribution in [2.24, 2.45) is 0 Å².